The third-order valence-electron chi connectivity index (χ3n) is 2.95. The van der Waals surface area contributed by atoms with Crippen LogP contribution in [0.5, 0.6) is 0 Å². The maximum atomic E-state index is 5.19. The molecule has 90 valence electrons. The molecule has 0 aliphatic rings. The van der Waals surface area contributed by atoms with Crippen LogP contribution in [0.25, 0.3) is 10.8 Å². The normalized spacial score (nSPS) is 11.2. The third-order valence-corrected chi connectivity index (χ3v) is 2.95. The van der Waals surface area contributed by atoms with Gasteiger partial charge in [-0.25, -0.2) is 0 Å². The van der Waals surface area contributed by atoms with Crippen molar-refractivity contribution in [3.63, 3.8) is 0 Å². The van der Waals surface area contributed by atoms with Crippen molar-refractivity contribution in [1.29, 1.82) is 0 Å². The number of benzene rings is 2. The lowest BCUT2D eigenvalue weighted by molar-refractivity contribution is 0.365. The molecule has 0 atom stereocenters. The molecule has 1 nitrogen and oxygen atoms in total. The van der Waals surface area contributed by atoms with Crippen LogP contribution < -0.4 is 0 Å². The van der Waals surface area contributed by atoms with Crippen LogP contribution in [-0.4, -0.2) is 18.5 Å². The van der Waals surface area contributed by atoms with Crippen LogP contribution in [0.15, 0.2) is 54.6 Å². The van der Waals surface area contributed by atoms with E-state index >= 15 is 0 Å². The van der Waals surface area contributed by atoms with Crippen LogP contribution in [-0.2, 0) is 6.54 Å². The number of allylic oxidation sites excluding steroid dienone is 1. The number of rotatable bonds is 4. The van der Waals surface area contributed by atoms with Crippen LogP contribution in [0, 0.1) is 12.3 Å². The number of fused-ring (bicyclic) bond motifs is 1. The van der Waals surface area contributed by atoms with Crippen LogP contribution in [0.3, 0.4) is 0 Å². The molecule has 0 radical (unpaired) electrons. The van der Waals surface area contributed by atoms with E-state index in [4.69, 9.17) is 6.42 Å². The molecule has 0 unspecified atom stereocenters. The first-order chi connectivity index (χ1) is 8.81. The Morgan fingerprint density at radius 3 is 2.78 bits per heavy atom. The maximum Gasteiger partial charge on any atom is 0.0240 e. The zero-order chi connectivity index (χ0) is 12.8. The molecule has 0 saturated heterocycles. The lowest BCUT2D eigenvalue weighted by Gasteiger charge is -2.15. The van der Waals surface area contributed by atoms with Crippen LogP contribution in [0.2, 0.25) is 0 Å². The minimum absolute atomic E-state index is 0.868. The summed E-state index contributed by atoms with van der Waals surface area (Å²) in [6, 6.07) is 14.9. The van der Waals surface area contributed by atoms with Gasteiger partial charge in [-0.3, -0.25) is 4.90 Å². The van der Waals surface area contributed by atoms with Crippen LogP contribution in [0.4, 0.5) is 0 Å². The number of nitrogens with zero attached hydrogens (tertiary/aromatic N) is 1. The van der Waals surface area contributed by atoms with Gasteiger partial charge in [0.1, 0.15) is 0 Å². The summed E-state index contributed by atoms with van der Waals surface area (Å²) >= 11 is 0. The van der Waals surface area contributed by atoms with Crippen molar-refractivity contribution in [3.05, 3.63) is 60.2 Å². The molecule has 2 aromatic carbocycles. The predicted molar refractivity (Wildman–Crippen MR) is 78.3 cm³/mol. The molecule has 0 aromatic heterocycles. The Kier molecular flexibility index (Phi) is 4.17. The quantitative estimate of drug-likeness (QED) is 0.734. The van der Waals surface area contributed by atoms with Gasteiger partial charge in [0.05, 0.1) is 0 Å². The topological polar surface area (TPSA) is 3.24 Å². The van der Waals surface area contributed by atoms with Gasteiger partial charge in [0, 0.05) is 13.1 Å². The minimum atomic E-state index is 0.868. The van der Waals surface area contributed by atoms with E-state index in [0.29, 0.717) is 0 Å². The minimum Gasteiger partial charge on any atom is -0.298 e. The predicted octanol–water partition coefficient (Wildman–Crippen LogP) is 3.46. The van der Waals surface area contributed by atoms with E-state index in [1.54, 1.807) is 6.08 Å². The molecule has 18 heavy (non-hydrogen) atoms. The van der Waals surface area contributed by atoms with Crippen molar-refractivity contribution in [2.75, 3.05) is 13.6 Å². The maximum absolute atomic E-state index is 5.19. The Morgan fingerprint density at radius 1 is 1.17 bits per heavy atom. The van der Waals surface area contributed by atoms with Gasteiger partial charge in [-0.05, 0) is 29.5 Å². The first-order valence-corrected chi connectivity index (χ1v) is 6.07. The highest BCUT2D eigenvalue weighted by Gasteiger charge is 2.02. The molecular weight excluding hydrogens is 218 g/mol. The van der Waals surface area contributed by atoms with E-state index in [9.17, 15) is 0 Å². The zero-order valence-corrected chi connectivity index (χ0v) is 10.6. The van der Waals surface area contributed by atoms with Crippen molar-refractivity contribution in [3.8, 4) is 12.3 Å². The van der Waals surface area contributed by atoms with Crippen LogP contribution >= 0.6 is 0 Å². The summed E-state index contributed by atoms with van der Waals surface area (Å²) in [5.41, 5.74) is 1.35. The van der Waals surface area contributed by atoms with Gasteiger partial charge in [0.2, 0.25) is 0 Å². The van der Waals surface area contributed by atoms with E-state index in [2.05, 4.69) is 60.3 Å². The van der Waals surface area contributed by atoms with Gasteiger partial charge >= 0.3 is 0 Å². The van der Waals surface area contributed by atoms with Crippen molar-refractivity contribution < 1.29 is 0 Å². The summed E-state index contributed by atoms with van der Waals surface area (Å²) in [5.74, 6) is 2.51. The summed E-state index contributed by atoms with van der Waals surface area (Å²) in [6.45, 7) is 1.80. The zero-order valence-electron chi connectivity index (χ0n) is 10.6. The van der Waals surface area contributed by atoms with Gasteiger partial charge in [-0.15, -0.1) is 6.42 Å². The molecule has 0 spiro atoms. The summed E-state index contributed by atoms with van der Waals surface area (Å²) in [5, 5.41) is 2.62. The second-order valence-electron chi connectivity index (χ2n) is 4.40. The fourth-order valence-corrected chi connectivity index (χ4v) is 2.09. The van der Waals surface area contributed by atoms with Crippen LogP contribution in [0.1, 0.15) is 5.56 Å². The SMILES string of the molecule is C#CC=CCN(C)Cc1cccc2ccccc12. The van der Waals surface area contributed by atoms with Crippen molar-refractivity contribution in [1.82, 2.24) is 4.90 Å². The lowest BCUT2D eigenvalue weighted by Crippen LogP contribution is -2.17. The summed E-state index contributed by atoms with van der Waals surface area (Å²) in [4.78, 5) is 2.25. The molecule has 2 aromatic rings. The summed E-state index contributed by atoms with van der Waals surface area (Å²) in [6.07, 6.45) is 8.94. The second kappa shape index (κ2) is 6.05. The molecule has 0 heterocycles. The molecule has 0 fully saturated rings. The summed E-state index contributed by atoms with van der Waals surface area (Å²) < 4.78 is 0. The first-order valence-electron chi connectivity index (χ1n) is 6.07. The van der Waals surface area contributed by atoms with E-state index in [-0.39, 0.29) is 0 Å². The number of hydrogen-bond donors (Lipinski definition) is 0. The van der Waals surface area contributed by atoms with E-state index in [1.165, 1.54) is 16.3 Å². The Hall–Kier alpha value is -2.04. The number of terminal acetylenes is 1. The molecule has 0 saturated carbocycles. The Balaban J connectivity index is 2.17. The third kappa shape index (κ3) is 3.00. The Morgan fingerprint density at radius 2 is 1.94 bits per heavy atom. The first kappa shape index (κ1) is 12.4. The molecule has 0 aliphatic heterocycles. The van der Waals surface area contributed by atoms with Gasteiger partial charge < -0.3 is 0 Å². The van der Waals surface area contributed by atoms with Gasteiger partial charge in [0.15, 0.2) is 0 Å². The highest BCUT2D eigenvalue weighted by Crippen LogP contribution is 2.19. The van der Waals surface area contributed by atoms with Crippen molar-refractivity contribution >= 4 is 10.8 Å². The number of hydrogen-bond acceptors (Lipinski definition) is 1. The Bertz CT molecular complexity index is 585. The molecule has 2 rings (SSSR count). The number of likely N-dealkylation sites (N-methyl/N-ethyl adjacent to an activating group) is 1. The molecular formula is C17H17N. The summed E-state index contributed by atoms with van der Waals surface area (Å²) in [7, 11) is 2.10. The molecule has 1 heteroatoms. The molecule has 0 bridgehead atoms. The second-order valence-corrected chi connectivity index (χ2v) is 4.40. The highest BCUT2D eigenvalue weighted by atomic mass is 15.1. The van der Waals surface area contributed by atoms with Crippen molar-refractivity contribution in [2.24, 2.45) is 0 Å². The average molecular weight is 235 g/mol. The Labute approximate surface area is 109 Å². The smallest absolute Gasteiger partial charge is 0.0240 e. The molecule has 0 N–H and O–H groups in total. The van der Waals surface area contributed by atoms with E-state index in [0.717, 1.165) is 13.1 Å². The average Bonchev–Trinajstić information content (AvgIpc) is 2.39. The monoisotopic (exact) mass is 235 g/mol. The van der Waals surface area contributed by atoms with Gasteiger partial charge in [-0.2, -0.15) is 0 Å². The highest BCUT2D eigenvalue weighted by molar-refractivity contribution is 5.85. The standard InChI is InChI=1S/C17H17N/c1-3-4-7-13-18(2)14-16-11-8-10-15-9-5-6-12-17(15)16/h1,4-12H,13-14H2,2H3. The largest absolute Gasteiger partial charge is 0.298 e. The van der Waals surface area contributed by atoms with E-state index in [1.807, 2.05) is 6.08 Å². The van der Waals surface area contributed by atoms with E-state index < -0.39 is 0 Å². The lowest BCUT2D eigenvalue weighted by atomic mass is 10.0. The fraction of sp³-hybridized carbons (Fsp3) is 0.176. The molecule has 0 aliphatic carbocycles. The van der Waals surface area contributed by atoms with Gasteiger partial charge in [-0.1, -0.05) is 54.5 Å². The van der Waals surface area contributed by atoms with Crippen molar-refractivity contribution in [2.45, 2.75) is 6.54 Å². The fourth-order valence-electron chi connectivity index (χ4n) is 2.09. The molecule has 0 amide bonds. The van der Waals surface area contributed by atoms with Gasteiger partial charge in [0.25, 0.3) is 0 Å².